The predicted octanol–water partition coefficient (Wildman–Crippen LogP) is 3.20. The molecule has 1 fully saturated rings. The number of aromatic nitrogens is 2. The Morgan fingerprint density at radius 2 is 2.00 bits per heavy atom. The van der Waals surface area contributed by atoms with Crippen molar-refractivity contribution in [1.82, 2.24) is 14.7 Å². The van der Waals surface area contributed by atoms with Gasteiger partial charge in [0.25, 0.3) is 0 Å². The number of nitrogens with one attached hydrogen (secondary N) is 1. The highest BCUT2D eigenvalue weighted by atomic mass is 16.3. The van der Waals surface area contributed by atoms with Crippen LogP contribution in [0.5, 0.6) is 0 Å². The zero-order valence-corrected chi connectivity index (χ0v) is 14.9. The molecular formula is C19H26N4O2. The first-order valence-corrected chi connectivity index (χ1v) is 8.85. The molecule has 2 amide bonds. The molecule has 2 heterocycles. The summed E-state index contributed by atoms with van der Waals surface area (Å²) >= 11 is 0. The van der Waals surface area contributed by atoms with E-state index in [4.69, 9.17) is 0 Å². The average Bonchev–Trinajstić information content (AvgIpc) is 3.10. The van der Waals surface area contributed by atoms with Crippen LogP contribution in [0, 0.1) is 12.3 Å². The number of hydrogen-bond donors (Lipinski definition) is 2. The molecule has 1 aliphatic rings. The number of carbonyl (C=O) groups excluding carboxylic acids is 1. The number of piperidine rings is 1. The molecule has 134 valence electrons. The molecule has 6 nitrogen and oxygen atoms in total. The van der Waals surface area contributed by atoms with E-state index in [1.165, 1.54) is 0 Å². The minimum absolute atomic E-state index is 0.0281. The standard InChI is InChI=1S/C19H26N4O2/c1-3-19(14-24)9-12-22(13-10-19)18(25)21-17-8-11-20-23(17)16-7-5-4-6-15(16)2/h4-8,11,24H,3,9-10,12-14H2,1-2H3,(H,21,25). The van der Waals surface area contributed by atoms with Crippen LogP contribution in [-0.2, 0) is 0 Å². The zero-order valence-electron chi connectivity index (χ0n) is 14.9. The molecule has 1 saturated heterocycles. The van der Waals surface area contributed by atoms with E-state index < -0.39 is 0 Å². The number of hydrogen-bond acceptors (Lipinski definition) is 3. The Labute approximate surface area is 148 Å². The van der Waals surface area contributed by atoms with Gasteiger partial charge in [-0.1, -0.05) is 25.1 Å². The van der Waals surface area contributed by atoms with E-state index in [-0.39, 0.29) is 18.1 Å². The molecule has 0 saturated carbocycles. The average molecular weight is 342 g/mol. The third-order valence-electron chi connectivity index (χ3n) is 5.42. The van der Waals surface area contributed by atoms with Gasteiger partial charge in [0.1, 0.15) is 5.82 Å². The fourth-order valence-electron chi connectivity index (χ4n) is 3.39. The summed E-state index contributed by atoms with van der Waals surface area (Å²) in [6.07, 6.45) is 4.31. The monoisotopic (exact) mass is 342 g/mol. The highest BCUT2D eigenvalue weighted by molar-refractivity contribution is 5.88. The second kappa shape index (κ2) is 7.27. The number of nitrogens with zero attached hydrogens (tertiary/aromatic N) is 3. The first-order valence-electron chi connectivity index (χ1n) is 8.85. The van der Waals surface area contributed by atoms with Gasteiger partial charge in [-0.3, -0.25) is 5.32 Å². The molecule has 1 aromatic carbocycles. The second-order valence-corrected chi connectivity index (χ2v) is 6.84. The molecule has 0 aliphatic carbocycles. The number of rotatable bonds is 4. The third kappa shape index (κ3) is 3.54. The van der Waals surface area contributed by atoms with Crippen LogP contribution in [0.15, 0.2) is 36.5 Å². The van der Waals surface area contributed by atoms with Gasteiger partial charge in [-0.2, -0.15) is 5.10 Å². The first-order chi connectivity index (χ1) is 12.1. The van der Waals surface area contributed by atoms with Crippen LogP contribution in [-0.4, -0.2) is 45.5 Å². The molecule has 0 radical (unpaired) electrons. The molecule has 25 heavy (non-hydrogen) atoms. The lowest BCUT2D eigenvalue weighted by Gasteiger charge is -2.40. The van der Waals surface area contributed by atoms with Crippen molar-refractivity contribution < 1.29 is 9.90 Å². The summed E-state index contributed by atoms with van der Waals surface area (Å²) in [4.78, 5) is 14.5. The van der Waals surface area contributed by atoms with E-state index in [0.717, 1.165) is 30.5 Å². The van der Waals surface area contributed by atoms with E-state index in [1.54, 1.807) is 16.9 Å². The highest BCUT2D eigenvalue weighted by Crippen LogP contribution is 2.34. The van der Waals surface area contributed by atoms with Gasteiger partial charge in [0.2, 0.25) is 0 Å². The van der Waals surface area contributed by atoms with E-state index >= 15 is 0 Å². The number of para-hydroxylation sites is 1. The number of amides is 2. The van der Waals surface area contributed by atoms with Crippen LogP contribution in [0.1, 0.15) is 31.7 Å². The van der Waals surface area contributed by atoms with Crippen molar-refractivity contribution in [3.63, 3.8) is 0 Å². The lowest BCUT2D eigenvalue weighted by atomic mass is 9.77. The summed E-state index contributed by atoms with van der Waals surface area (Å²) in [5, 5.41) is 17.0. The number of aryl methyl sites for hydroxylation is 1. The van der Waals surface area contributed by atoms with Crippen molar-refractivity contribution in [2.75, 3.05) is 25.0 Å². The molecule has 1 aliphatic heterocycles. The Kier molecular flexibility index (Phi) is 5.08. The smallest absolute Gasteiger partial charge is 0.323 e. The van der Waals surface area contributed by atoms with Crippen LogP contribution in [0.3, 0.4) is 0 Å². The van der Waals surface area contributed by atoms with Gasteiger partial charge in [-0.15, -0.1) is 0 Å². The molecule has 6 heteroatoms. The van der Waals surface area contributed by atoms with Crippen LogP contribution in [0.2, 0.25) is 0 Å². The first kappa shape index (κ1) is 17.5. The quantitative estimate of drug-likeness (QED) is 0.896. The van der Waals surface area contributed by atoms with Crippen molar-refractivity contribution in [3.05, 3.63) is 42.1 Å². The number of carbonyl (C=O) groups is 1. The molecule has 0 spiro atoms. The second-order valence-electron chi connectivity index (χ2n) is 6.84. The van der Waals surface area contributed by atoms with Crippen LogP contribution >= 0.6 is 0 Å². The topological polar surface area (TPSA) is 70.4 Å². The lowest BCUT2D eigenvalue weighted by molar-refractivity contribution is 0.0542. The van der Waals surface area contributed by atoms with Gasteiger partial charge in [-0.25, -0.2) is 9.48 Å². The lowest BCUT2D eigenvalue weighted by Crippen LogP contribution is -2.46. The minimum atomic E-state index is -0.113. The molecule has 0 bridgehead atoms. The molecule has 0 unspecified atom stereocenters. The minimum Gasteiger partial charge on any atom is -0.396 e. The van der Waals surface area contributed by atoms with Crippen LogP contribution < -0.4 is 5.32 Å². The Bertz CT molecular complexity index is 727. The van der Waals surface area contributed by atoms with Crippen molar-refractivity contribution in [1.29, 1.82) is 0 Å². The van der Waals surface area contributed by atoms with Gasteiger partial charge in [0.15, 0.2) is 0 Å². The van der Waals surface area contributed by atoms with Crippen LogP contribution in [0.25, 0.3) is 5.69 Å². The Hall–Kier alpha value is -2.34. The number of benzene rings is 1. The summed E-state index contributed by atoms with van der Waals surface area (Å²) in [7, 11) is 0. The summed E-state index contributed by atoms with van der Waals surface area (Å²) < 4.78 is 1.75. The number of likely N-dealkylation sites (tertiary alicyclic amines) is 1. The predicted molar refractivity (Wildman–Crippen MR) is 97.9 cm³/mol. The summed E-state index contributed by atoms with van der Waals surface area (Å²) in [6, 6.07) is 9.63. The maximum absolute atomic E-state index is 12.6. The SMILES string of the molecule is CCC1(CO)CCN(C(=O)Nc2ccnn2-c2ccccc2C)CC1. The molecule has 2 aromatic rings. The fourth-order valence-corrected chi connectivity index (χ4v) is 3.39. The number of urea groups is 1. The van der Waals surface area contributed by atoms with Crippen molar-refractivity contribution in [3.8, 4) is 5.69 Å². The van der Waals surface area contributed by atoms with Crippen molar-refractivity contribution in [2.24, 2.45) is 5.41 Å². The number of aliphatic hydroxyl groups is 1. The Morgan fingerprint density at radius 1 is 1.28 bits per heavy atom. The normalized spacial score (nSPS) is 16.7. The summed E-state index contributed by atoms with van der Waals surface area (Å²) in [5.74, 6) is 0.661. The van der Waals surface area contributed by atoms with Gasteiger partial charge < -0.3 is 10.0 Å². The van der Waals surface area contributed by atoms with Gasteiger partial charge in [0, 0.05) is 25.8 Å². The summed E-state index contributed by atoms with van der Waals surface area (Å²) in [6.45, 7) is 5.65. The van der Waals surface area contributed by atoms with Crippen molar-refractivity contribution in [2.45, 2.75) is 33.1 Å². The fraction of sp³-hybridized carbons (Fsp3) is 0.474. The third-order valence-corrected chi connectivity index (χ3v) is 5.42. The molecular weight excluding hydrogens is 316 g/mol. The van der Waals surface area contributed by atoms with E-state index in [2.05, 4.69) is 17.3 Å². The largest absolute Gasteiger partial charge is 0.396 e. The van der Waals surface area contributed by atoms with E-state index in [1.807, 2.05) is 36.1 Å². The van der Waals surface area contributed by atoms with E-state index in [0.29, 0.717) is 18.9 Å². The Morgan fingerprint density at radius 3 is 2.64 bits per heavy atom. The number of anilines is 1. The molecule has 0 atom stereocenters. The maximum atomic E-state index is 12.6. The van der Waals surface area contributed by atoms with E-state index in [9.17, 15) is 9.90 Å². The molecule has 3 rings (SSSR count). The zero-order chi connectivity index (χ0) is 17.9. The van der Waals surface area contributed by atoms with Crippen molar-refractivity contribution >= 4 is 11.8 Å². The summed E-state index contributed by atoms with van der Waals surface area (Å²) in [5.41, 5.74) is 2.02. The maximum Gasteiger partial charge on any atom is 0.323 e. The van der Waals surface area contributed by atoms with Crippen LogP contribution in [0.4, 0.5) is 10.6 Å². The molecule has 2 N–H and O–H groups in total. The Balaban J connectivity index is 1.69. The highest BCUT2D eigenvalue weighted by Gasteiger charge is 2.34. The van der Waals surface area contributed by atoms with Gasteiger partial charge >= 0.3 is 6.03 Å². The number of aliphatic hydroxyl groups excluding tert-OH is 1. The van der Waals surface area contributed by atoms with Gasteiger partial charge in [-0.05, 0) is 43.2 Å². The van der Waals surface area contributed by atoms with Gasteiger partial charge in [0.05, 0.1) is 11.9 Å². The molecule has 1 aromatic heterocycles.